The van der Waals surface area contributed by atoms with Crippen molar-refractivity contribution < 1.29 is 4.79 Å². The minimum absolute atomic E-state index is 0.0734. The van der Waals surface area contributed by atoms with Gasteiger partial charge in [0.2, 0.25) is 0 Å². The van der Waals surface area contributed by atoms with E-state index in [1.165, 1.54) is 0 Å². The molecule has 2 aromatic heterocycles. The SMILES string of the molecule is Cc1cccc(-n2nc(-c3cccs3)cc2C(=O)N2CCCC2)c1. The van der Waals surface area contributed by atoms with Gasteiger partial charge in [-0.3, -0.25) is 4.79 Å². The Labute approximate surface area is 145 Å². The summed E-state index contributed by atoms with van der Waals surface area (Å²) in [5.41, 5.74) is 3.58. The molecule has 1 aliphatic rings. The Morgan fingerprint density at radius 1 is 1.12 bits per heavy atom. The molecule has 0 aliphatic carbocycles. The van der Waals surface area contributed by atoms with Crippen LogP contribution >= 0.6 is 11.3 Å². The van der Waals surface area contributed by atoms with Gasteiger partial charge in [-0.05, 0) is 55.0 Å². The van der Waals surface area contributed by atoms with Gasteiger partial charge in [-0.1, -0.05) is 18.2 Å². The molecule has 0 N–H and O–H groups in total. The molecule has 0 unspecified atom stereocenters. The van der Waals surface area contributed by atoms with Crippen molar-refractivity contribution in [2.24, 2.45) is 0 Å². The van der Waals surface area contributed by atoms with Crippen molar-refractivity contribution in [1.29, 1.82) is 0 Å². The summed E-state index contributed by atoms with van der Waals surface area (Å²) in [6.45, 7) is 3.73. The number of thiophene rings is 1. The Morgan fingerprint density at radius 3 is 2.67 bits per heavy atom. The molecule has 0 saturated carbocycles. The Bertz CT molecular complexity index is 861. The Morgan fingerprint density at radius 2 is 1.96 bits per heavy atom. The average molecular weight is 337 g/mol. The van der Waals surface area contributed by atoms with Gasteiger partial charge in [0.1, 0.15) is 11.4 Å². The highest BCUT2D eigenvalue weighted by Gasteiger charge is 2.25. The van der Waals surface area contributed by atoms with Crippen LogP contribution in [-0.2, 0) is 0 Å². The fourth-order valence-electron chi connectivity index (χ4n) is 3.12. The lowest BCUT2D eigenvalue weighted by Gasteiger charge is -2.16. The van der Waals surface area contributed by atoms with E-state index in [2.05, 4.69) is 19.1 Å². The van der Waals surface area contributed by atoms with Crippen molar-refractivity contribution in [3.05, 3.63) is 59.1 Å². The predicted octanol–water partition coefficient (Wildman–Crippen LogP) is 4.15. The van der Waals surface area contributed by atoms with Crippen LogP contribution in [0.25, 0.3) is 16.3 Å². The molecule has 1 saturated heterocycles. The molecule has 0 radical (unpaired) electrons. The second-order valence-electron chi connectivity index (χ2n) is 6.14. The van der Waals surface area contributed by atoms with Gasteiger partial charge in [-0.15, -0.1) is 11.3 Å². The van der Waals surface area contributed by atoms with Crippen LogP contribution in [0.15, 0.2) is 47.8 Å². The van der Waals surface area contributed by atoms with E-state index in [0.29, 0.717) is 5.69 Å². The van der Waals surface area contributed by atoms with Crippen LogP contribution in [0.5, 0.6) is 0 Å². The van der Waals surface area contributed by atoms with E-state index >= 15 is 0 Å². The number of aromatic nitrogens is 2. The second-order valence-corrected chi connectivity index (χ2v) is 7.09. The molecular weight excluding hydrogens is 318 g/mol. The molecule has 0 atom stereocenters. The number of hydrogen-bond acceptors (Lipinski definition) is 3. The lowest BCUT2D eigenvalue weighted by atomic mass is 10.2. The van der Waals surface area contributed by atoms with E-state index in [1.807, 2.05) is 40.6 Å². The number of carbonyl (C=O) groups is 1. The predicted molar refractivity (Wildman–Crippen MR) is 96.8 cm³/mol. The topological polar surface area (TPSA) is 38.1 Å². The largest absolute Gasteiger partial charge is 0.337 e. The summed E-state index contributed by atoms with van der Waals surface area (Å²) in [4.78, 5) is 16.0. The Balaban J connectivity index is 1.82. The minimum atomic E-state index is 0.0734. The zero-order chi connectivity index (χ0) is 16.5. The van der Waals surface area contributed by atoms with Crippen molar-refractivity contribution >= 4 is 17.2 Å². The highest BCUT2D eigenvalue weighted by molar-refractivity contribution is 7.13. The number of hydrogen-bond donors (Lipinski definition) is 0. The quantitative estimate of drug-likeness (QED) is 0.720. The molecule has 3 aromatic rings. The third-order valence-corrected chi connectivity index (χ3v) is 5.23. The van der Waals surface area contributed by atoms with E-state index in [1.54, 1.807) is 16.0 Å². The first kappa shape index (κ1) is 15.1. The standard InChI is InChI=1S/C19H19N3OS/c1-14-6-4-7-15(12-14)22-17(19(23)21-9-2-3-10-21)13-16(20-22)18-8-5-11-24-18/h4-8,11-13H,2-3,9-10H2,1H3. The highest BCUT2D eigenvalue weighted by atomic mass is 32.1. The molecule has 4 nitrogen and oxygen atoms in total. The summed E-state index contributed by atoms with van der Waals surface area (Å²) in [6, 6.07) is 14.1. The van der Waals surface area contributed by atoms with Gasteiger partial charge in [-0.2, -0.15) is 5.10 Å². The smallest absolute Gasteiger partial charge is 0.272 e. The van der Waals surface area contributed by atoms with Gasteiger partial charge in [0.05, 0.1) is 10.6 Å². The minimum Gasteiger partial charge on any atom is -0.337 e. The maximum Gasteiger partial charge on any atom is 0.272 e. The first-order valence-corrected chi connectivity index (χ1v) is 9.10. The Kier molecular flexibility index (Phi) is 3.94. The summed E-state index contributed by atoms with van der Waals surface area (Å²) in [6.07, 6.45) is 2.17. The molecule has 1 aliphatic heterocycles. The van der Waals surface area contributed by atoms with E-state index in [9.17, 15) is 4.79 Å². The average Bonchev–Trinajstić information content (AvgIpc) is 3.34. The maximum absolute atomic E-state index is 13.0. The van der Waals surface area contributed by atoms with Crippen LogP contribution in [0, 0.1) is 6.92 Å². The van der Waals surface area contributed by atoms with Crippen molar-refractivity contribution in [2.75, 3.05) is 13.1 Å². The number of nitrogens with zero attached hydrogens (tertiary/aromatic N) is 3. The molecule has 5 heteroatoms. The maximum atomic E-state index is 13.0. The van der Waals surface area contributed by atoms with Crippen molar-refractivity contribution in [1.82, 2.24) is 14.7 Å². The summed E-state index contributed by atoms with van der Waals surface area (Å²) in [7, 11) is 0. The molecule has 1 aromatic carbocycles. The van der Waals surface area contributed by atoms with E-state index in [0.717, 1.165) is 47.8 Å². The van der Waals surface area contributed by atoms with Gasteiger partial charge < -0.3 is 4.90 Å². The van der Waals surface area contributed by atoms with Gasteiger partial charge in [0.25, 0.3) is 5.91 Å². The zero-order valence-corrected chi connectivity index (χ0v) is 14.4. The van der Waals surface area contributed by atoms with Gasteiger partial charge in [0.15, 0.2) is 0 Å². The first-order valence-electron chi connectivity index (χ1n) is 8.22. The molecule has 0 spiro atoms. The zero-order valence-electron chi connectivity index (χ0n) is 13.6. The van der Waals surface area contributed by atoms with Crippen molar-refractivity contribution in [3.63, 3.8) is 0 Å². The van der Waals surface area contributed by atoms with E-state index in [-0.39, 0.29) is 5.91 Å². The van der Waals surface area contributed by atoms with Crippen LogP contribution < -0.4 is 0 Å². The van der Waals surface area contributed by atoms with Crippen LogP contribution in [0.3, 0.4) is 0 Å². The van der Waals surface area contributed by atoms with Crippen molar-refractivity contribution in [2.45, 2.75) is 19.8 Å². The first-order chi connectivity index (χ1) is 11.7. The van der Waals surface area contributed by atoms with E-state index in [4.69, 9.17) is 5.10 Å². The summed E-state index contributed by atoms with van der Waals surface area (Å²) < 4.78 is 1.79. The summed E-state index contributed by atoms with van der Waals surface area (Å²) >= 11 is 1.64. The monoisotopic (exact) mass is 337 g/mol. The Hall–Kier alpha value is -2.40. The molecule has 4 rings (SSSR count). The molecule has 3 heterocycles. The highest BCUT2D eigenvalue weighted by Crippen LogP contribution is 2.27. The number of aryl methyl sites for hydroxylation is 1. The molecule has 1 amide bonds. The van der Waals surface area contributed by atoms with Crippen LogP contribution in [0.4, 0.5) is 0 Å². The molecule has 24 heavy (non-hydrogen) atoms. The van der Waals surface area contributed by atoms with Crippen LogP contribution in [0.1, 0.15) is 28.9 Å². The van der Waals surface area contributed by atoms with Crippen LogP contribution in [-0.4, -0.2) is 33.7 Å². The van der Waals surface area contributed by atoms with Crippen LogP contribution in [0.2, 0.25) is 0 Å². The number of amides is 1. The molecular formula is C19H19N3OS. The van der Waals surface area contributed by atoms with Gasteiger partial charge >= 0.3 is 0 Å². The van der Waals surface area contributed by atoms with Gasteiger partial charge in [0, 0.05) is 13.1 Å². The van der Waals surface area contributed by atoms with E-state index < -0.39 is 0 Å². The fraction of sp³-hybridized carbons (Fsp3) is 0.263. The number of rotatable bonds is 3. The second kappa shape index (κ2) is 6.24. The third-order valence-electron chi connectivity index (χ3n) is 4.34. The number of benzene rings is 1. The number of likely N-dealkylation sites (tertiary alicyclic amines) is 1. The summed E-state index contributed by atoms with van der Waals surface area (Å²) in [5.74, 6) is 0.0734. The normalized spacial score (nSPS) is 14.3. The summed E-state index contributed by atoms with van der Waals surface area (Å²) in [5, 5.41) is 6.77. The third kappa shape index (κ3) is 2.76. The molecule has 122 valence electrons. The molecule has 1 fully saturated rings. The van der Waals surface area contributed by atoms with Gasteiger partial charge in [-0.25, -0.2) is 4.68 Å². The molecule has 0 bridgehead atoms. The number of carbonyl (C=O) groups excluding carboxylic acids is 1. The van der Waals surface area contributed by atoms with Crippen molar-refractivity contribution in [3.8, 4) is 16.3 Å². The fourth-order valence-corrected chi connectivity index (χ4v) is 3.80. The lowest BCUT2D eigenvalue weighted by Crippen LogP contribution is -2.29. The lowest BCUT2D eigenvalue weighted by molar-refractivity contribution is 0.0784.